The third kappa shape index (κ3) is 4.54. The number of piperidine rings is 1. The lowest BCUT2D eigenvalue weighted by atomic mass is 10.1. The number of ether oxygens (including phenoxy) is 1. The van der Waals surface area contributed by atoms with Gasteiger partial charge in [0.25, 0.3) is 5.91 Å². The van der Waals surface area contributed by atoms with Gasteiger partial charge in [-0.15, -0.1) is 0 Å². The average molecular weight is 350 g/mol. The van der Waals surface area contributed by atoms with Crippen molar-refractivity contribution in [3.8, 4) is 5.75 Å². The number of carbonyl (C=O) groups excluding carboxylic acids is 1. The Bertz CT molecular complexity index is 714. The average Bonchev–Trinajstić information content (AvgIpc) is 3.11. The van der Waals surface area contributed by atoms with Gasteiger partial charge in [0, 0.05) is 24.8 Å². The minimum atomic E-state index is -2.91. The topological polar surface area (TPSA) is 68.2 Å². The molecule has 1 atom stereocenters. The Balaban J connectivity index is 1.60. The zero-order valence-electron chi connectivity index (χ0n) is 13.6. The van der Waals surface area contributed by atoms with Crippen LogP contribution in [0.1, 0.15) is 34.9 Å². The number of nitrogens with one attached hydrogen (secondary N) is 2. The van der Waals surface area contributed by atoms with E-state index in [1.165, 1.54) is 6.07 Å². The number of carbonyl (C=O) groups is 1. The Hall–Kier alpha value is -2.48. The van der Waals surface area contributed by atoms with Gasteiger partial charge in [0.2, 0.25) is 0 Å². The van der Waals surface area contributed by atoms with Gasteiger partial charge in [-0.2, -0.15) is 13.9 Å². The number of alkyl halides is 2. The number of nitrogens with zero attached hydrogens (tertiary/aromatic N) is 2. The van der Waals surface area contributed by atoms with E-state index in [9.17, 15) is 13.6 Å². The molecule has 0 saturated carbocycles. The van der Waals surface area contributed by atoms with E-state index in [1.807, 2.05) is 0 Å². The largest absolute Gasteiger partial charge is 0.434 e. The summed E-state index contributed by atoms with van der Waals surface area (Å²) in [5.74, 6) is -0.300. The van der Waals surface area contributed by atoms with Gasteiger partial charge >= 0.3 is 6.61 Å². The second-order valence-corrected chi connectivity index (χ2v) is 5.85. The third-order valence-electron chi connectivity index (χ3n) is 4.11. The van der Waals surface area contributed by atoms with E-state index < -0.39 is 6.61 Å². The van der Waals surface area contributed by atoms with Gasteiger partial charge in [0.15, 0.2) is 0 Å². The van der Waals surface area contributed by atoms with Crippen molar-refractivity contribution in [2.24, 2.45) is 0 Å². The molecule has 3 rings (SSSR count). The molecule has 0 radical (unpaired) electrons. The Morgan fingerprint density at radius 1 is 1.40 bits per heavy atom. The third-order valence-corrected chi connectivity index (χ3v) is 4.11. The minimum Gasteiger partial charge on any atom is -0.434 e. The molecule has 2 N–H and O–H groups in total. The molecule has 0 spiro atoms. The highest BCUT2D eigenvalue weighted by Crippen LogP contribution is 2.20. The lowest BCUT2D eigenvalue weighted by Crippen LogP contribution is -2.32. The molecule has 2 aromatic rings. The first-order valence-electron chi connectivity index (χ1n) is 8.20. The highest BCUT2D eigenvalue weighted by molar-refractivity contribution is 5.92. The maximum Gasteiger partial charge on any atom is 0.387 e. The molecule has 1 aromatic carbocycles. The summed E-state index contributed by atoms with van der Waals surface area (Å²) in [6.07, 6.45) is 3.89. The van der Waals surface area contributed by atoms with Crippen molar-refractivity contribution >= 4 is 5.91 Å². The molecule has 1 aliphatic rings. The van der Waals surface area contributed by atoms with Gasteiger partial charge in [0.1, 0.15) is 11.4 Å². The first kappa shape index (κ1) is 17.3. The zero-order chi connectivity index (χ0) is 17.6. The van der Waals surface area contributed by atoms with Gasteiger partial charge in [-0.05, 0) is 31.5 Å². The van der Waals surface area contributed by atoms with E-state index in [1.54, 1.807) is 35.1 Å². The first-order chi connectivity index (χ1) is 12.1. The lowest BCUT2D eigenvalue weighted by Gasteiger charge is -2.22. The Morgan fingerprint density at radius 2 is 2.24 bits per heavy atom. The van der Waals surface area contributed by atoms with Crippen LogP contribution in [0.3, 0.4) is 0 Å². The van der Waals surface area contributed by atoms with Crippen LogP contribution in [-0.4, -0.2) is 35.4 Å². The van der Waals surface area contributed by atoms with E-state index in [0.29, 0.717) is 11.3 Å². The Kier molecular flexibility index (Phi) is 5.60. The van der Waals surface area contributed by atoms with Crippen molar-refractivity contribution in [3.63, 3.8) is 0 Å². The fourth-order valence-electron chi connectivity index (χ4n) is 2.85. The van der Waals surface area contributed by atoms with E-state index in [-0.39, 0.29) is 24.2 Å². The molecule has 0 bridgehead atoms. The second kappa shape index (κ2) is 8.06. The normalized spacial score (nSPS) is 17.5. The number of rotatable bonds is 6. The van der Waals surface area contributed by atoms with Crippen LogP contribution >= 0.6 is 0 Å². The molecule has 25 heavy (non-hydrogen) atoms. The van der Waals surface area contributed by atoms with Crippen LogP contribution in [0.25, 0.3) is 0 Å². The molecule has 1 fully saturated rings. The zero-order valence-corrected chi connectivity index (χ0v) is 13.6. The van der Waals surface area contributed by atoms with Crippen LogP contribution < -0.4 is 15.4 Å². The smallest absolute Gasteiger partial charge is 0.387 e. The number of halogens is 2. The van der Waals surface area contributed by atoms with Crippen molar-refractivity contribution in [2.45, 2.75) is 32.0 Å². The van der Waals surface area contributed by atoms with Crippen LogP contribution in [0.4, 0.5) is 8.78 Å². The molecule has 0 aliphatic carbocycles. The minimum absolute atomic E-state index is 0.0524. The summed E-state index contributed by atoms with van der Waals surface area (Å²) in [7, 11) is 0. The highest BCUT2D eigenvalue weighted by Gasteiger charge is 2.18. The fraction of sp³-hybridized carbons (Fsp3) is 0.412. The predicted molar refractivity (Wildman–Crippen MR) is 87.6 cm³/mol. The van der Waals surface area contributed by atoms with Crippen molar-refractivity contribution in [3.05, 3.63) is 47.8 Å². The summed E-state index contributed by atoms with van der Waals surface area (Å²) >= 11 is 0. The van der Waals surface area contributed by atoms with Gasteiger partial charge in [-0.3, -0.25) is 9.48 Å². The molecular weight excluding hydrogens is 330 g/mol. The standard InChI is InChI=1S/C17H20F2N4O2/c18-17(19)25-15-6-2-1-4-12(15)10-21-16(24)14-7-9-23(22-14)13-5-3-8-20-11-13/h1-2,4,6-7,9,13,17,20H,3,5,8,10-11H2,(H,21,24). The van der Waals surface area contributed by atoms with Crippen LogP contribution in [0.2, 0.25) is 0 Å². The molecule has 2 heterocycles. The lowest BCUT2D eigenvalue weighted by molar-refractivity contribution is -0.0504. The number of para-hydroxylation sites is 1. The summed E-state index contributed by atoms with van der Waals surface area (Å²) in [6, 6.07) is 8.28. The van der Waals surface area contributed by atoms with E-state index in [0.717, 1.165) is 25.9 Å². The van der Waals surface area contributed by atoms with Crippen molar-refractivity contribution in [1.29, 1.82) is 0 Å². The molecule has 1 unspecified atom stereocenters. The second-order valence-electron chi connectivity index (χ2n) is 5.85. The monoisotopic (exact) mass is 350 g/mol. The number of aromatic nitrogens is 2. The molecule has 1 aromatic heterocycles. The van der Waals surface area contributed by atoms with Crippen LogP contribution in [0.5, 0.6) is 5.75 Å². The number of amides is 1. The molecule has 1 amide bonds. The maximum absolute atomic E-state index is 12.4. The first-order valence-corrected chi connectivity index (χ1v) is 8.20. The summed E-state index contributed by atoms with van der Waals surface area (Å²) < 4.78 is 31.1. The fourth-order valence-corrected chi connectivity index (χ4v) is 2.85. The number of benzene rings is 1. The SMILES string of the molecule is O=C(NCc1ccccc1OC(F)F)c1ccn(C2CCCNC2)n1. The van der Waals surface area contributed by atoms with Crippen LogP contribution in [0, 0.1) is 0 Å². The number of hydrogen-bond donors (Lipinski definition) is 2. The Labute approximate surface area is 144 Å². The molecular formula is C17H20F2N4O2. The van der Waals surface area contributed by atoms with Crippen LogP contribution in [-0.2, 0) is 6.54 Å². The van der Waals surface area contributed by atoms with E-state index in [4.69, 9.17) is 0 Å². The molecule has 8 heteroatoms. The summed E-state index contributed by atoms with van der Waals surface area (Å²) in [5, 5.41) is 10.3. The van der Waals surface area contributed by atoms with E-state index in [2.05, 4.69) is 20.5 Å². The van der Waals surface area contributed by atoms with Crippen molar-refractivity contribution in [1.82, 2.24) is 20.4 Å². The Morgan fingerprint density at radius 3 is 3.00 bits per heavy atom. The summed E-state index contributed by atoms with van der Waals surface area (Å²) in [5.41, 5.74) is 0.782. The summed E-state index contributed by atoms with van der Waals surface area (Å²) in [4.78, 5) is 12.3. The van der Waals surface area contributed by atoms with Gasteiger partial charge in [-0.1, -0.05) is 18.2 Å². The van der Waals surface area contributed by atoms with Gasteiger partial charge in [-0.25, -0.2) is 0 Å². The molecule has 134 valence electrons. The maximum atomic E-state index is 12.4. The quantitative estimate of drug-likeness (QED) is 0.839. The van der Waals surface area contributed by atoms with Crippen molar-refractivity contribution in [2.75, 3.05) is 13.1 Å². The van der Waals surface area contributed by atoms with Crippen LogP contribution in [0.15, 0.2) is 36.5 Å². The van der Waals surface area contributed by atoms with Gasteiger partial charge < -0.3 is 15.4 Å². The molecule has 1 aliphatic heterocycles. The van der Waals surface area contributed by atoms with E-state index >= 15 is 0 Å². The van der Waals surface area contributed by atoms with Gasteiger partial charge in [0.05, 0.1) is 6.04 Å². The highest BCUT2D eigenvalue weighted by atomic mass is 19.3. The summed E-state index contributed by atoms with van der Waals surface area (Å²) in [6.45, 7) is -0.983. The number of hydrogen-bond acceptors (Lipinski definition) is 4. The molecule has 1 saturated heterocycles. The molecule has 6 nitrogen and oxygen atoms in total. The predicted octanol–water partition coefficient (Wildman–Crippen LogP) is 2.34. The van der Waals surface area contributed by atoms with Crippen molar-refractivity contribution < 1.29 is 18.3 Å².